The van der Waals surface area contributed by atoms with Gasteiger partial charge in [-0.2, -0.15) is 4.98 Å². The van der Waals surface area contributed by atoms with Crippen molar-refractivity contribution >= 4 is 5.82 Å². The topological polar surface area (TPSA) is 37.4 Å². The Morgan fingerprint density at radius 3 is 2.88 bits per heavy atom. The number of hydrogen-bond donors (Lipinski definition) is 1. The molecule has 94 valence electrons. The zero-order valence-electron chi connectivity index (χ0n) is 10.6. The maximum absolute atomic E-state index is 5.39. The first-order valence-corrected chi connectivity index (χ1v) is 6.33. The molecule has 1 saturated heterocycles. The van der Waals surface area contributed by atoms with E-state index in [1.54, 1.807) is 0 Å². The van der Waals surface area contributed by atoms with E-state index in [9.17, 15) is 0 Å². The number of anilines is 1. The van der Waals surface area contributed by atoms with Crippen LogP contribution in [0.3, 0.4) is 0 Å². The second-order valence-electron chi connectivity index (χ2n) is 4.52. The highest BCUT2D eigenvalue weighted by atomic mass is 16.5. The van der Waals surface area contributed by atoms with Crippen LogP contribution in [0.25, 0.3) is 0 Å². The lowest BCUT2D eigenvalue weighted by atomic mass is 10.1. The molecule has 1 fully saturated rings. The quantitative estimate of drug-likeness (QED) is 0.866. The van der Waals surface area contributed by atoms with Crippen LogP contribution >= 0.6 is 0 Å². The monoisotopic (exact) mass is 235 g/mol. The maximum atomic E-state index is 5.39. The van der Waals surface area contributed by atoms with Crippen molar-refractivity contribution in [3.63, 3.8) is 0 Å². The molecular weight excluding hydrogens is 214 g/mol. The van der Waals surface area contributed by atoms with Crippen molar-refractivity contribution in [2.24, 2.45) is 0 Å². The summed E-state index contributed by atoms with van der Waals surface area (Å²) in [5, 5.41) is 3.48. The van der Waals surface area contributed by atoms with Crippen LogP contribution in [-0.4, -0.2) is 42.7 Å². The SMILES string of the molecule is CCOc1cccc(NC2CCN(C)CC2)n1. The first-order chi connectivity index (χ1) is 8.28. The van der Waals surface area contributed by atoms with Gasteiger partial charge in [-0.1, -0.05) is 6.07 Å². The third-order valence-electron chi connectivity index (χ3n) is 3.09. The zero-order valence-corrected chi connectivity index (χ0v) is 10.6. The second-order valence-corrected chi connectivity index (χ2v) is 4.52. The minimum Gasteiger partial charge on any atom is -0.478 e. The molecule has 0 bridgehead atoms. The van der Waals surface area contributed by atoms with Gasteiger partial charge in [0.1, 0.15) is 5.82 Å². The predicted octanol–water partition coefficient (Wildman–Crippen LogP) is 1.99. The van der Waals surface area contributed by atoms with Crippen LogP contribution < -0.4 is 10.1 Å². The van der Waals surface area contributed by atoms with Gasteiger partial charge in [-0.3, -0.25) is 0 Å². The molecular formula is C13H21N3O. The number of hydrogen-bond acceptors (Lipinski definition) is 4. The number of pyridine rings is 1. The molecule has 1 aromatic heterocycles. The van der Waals surface area contributed by atoms with Crippen LogP contribution in [0.2, 0.25) is 0 Å². The van der Waals surface area contributed by atoms with Crippen molar-refractivity contribution in [2.45, 2.75) is 25.8 Å². The van der Waals surface area contributed by atoms with Crippen LogP contribution in [0.5, 0.6) is 5.88 Å². The molecule has 0 spiro atoms. The van der Waals surface area contributed by atoms with Crippen LogP contribution in [0, 0.1) is 0 Å². The first-order valence-electron chi connectivity index (χ1n) is 6.33. The van der Waals surface area contributed by atoms with Gasteiger partial charge in [0.15, 0.2) is 0 Å². The number of aromatic nitrogens is 1. The highest BCUT2D eigenvalue weighted by Crippen LogP contribution is 2.16. The molecule has 2 heterocycles. The molecule has 4 heteroatoms. The Kier molecular flexibility index (Phi) is 4.20. The molecule has 2 rings (SSSR count). The van der Waals surface area contributed by atoms with E-state index >= 15 is 0 Å². The smallest absolute Gasteiger partial charge is 0.215 e. The van der Waals surface area contributed by atoms with Crippen molar-refractivity contribution in [2.75, 3.05) is 32.1 Å². The summed E-state index contributed by atoms with van der Waals surface area (Å²) in [5.41, 5.74) is 0. The molecule has 0 atom stereocenters. The van der Waals surface area contributed by atoms with Crippen LogP contribution in [0.4, 0.5) is 5.82 Å². The zero-order chi connectivity index (χ0) is 12.1. The third-order valence-corrected chi connectivity index (χ3v) is 3.09. The molecule has 0 radical (unpaired) electrons. The molecule has 0 aromatic carbocycles. The van der Waals surface area contributed by atoms with E-state index in [4.69, 9.17) is 4.74 Å². The highest BCUT2D eigenvalue weighted by Gasteiger charge is 2.16. The van der Waals surface area contributed by atoms with Gasteiger partial charge < -0.3 is 15.0 Å². The van der Waals surface area contributed by atoms with Gasteiger partial charge in [0.2, 0.25) is 5.88 Å². The summed E-state index contributed by atoms with van der Waals surface area (Å²) in [5.74, 6) is 1.62. The second kappa shape index (κ2) is 5.87. The Bertz CT molecular complexity index is 348. The largest absolute Gasteiger partial charge is 0.478 e. The van der Waals surface area contributed by atoms with Gasteiger partial charge in [-0.05, 0) is 46.0 Å². The van der Waals surface area contributed by atoms with E-state index < -0.39 is 0 Å². The summed E-state index contributed by atoms with van der Waals surface area (Å²) < 4.78 is 5.39. The standard InChI is InChI=1S/C13H21N3O/c1-3-17-13-6-4-5-12(15-13)14-11-7-9-16(2)10-8-11/h4-6,11H,3,7-10H2,1-2H3,(H,14,15). The summed E-state index contributed by atoms with van der Waals surface area (Å²) in [6.07, 6.45) is 2.36. The number of nitrogens with zero attached hydrogens (tertiary/aromatic N) is 2. The summed E-state index contributed by atoms with van der Waals surface area (Å²) in [7, 11) is 2.17. The molecule has 1 aliphatic rings. The Labute approximate surface area is 103 Å². The molecule has 0 unspecified atom stereocenters. The predicted molar refractivity (Wildman–Crippen MR) is 69.5 cm³/mol. The van der Waals surface area contributed by atoms with Gasteiger partial charge in [0, 0.05) is 12.1 Å². The fraction of sp³-hybridized carbons (Fsp3) is 0.615. The van der Waals surface area contributed by atoms with E-state index in [1.165, 1.54) is 12.8 Å². The van der Waals surface area contributed by atoms with E-state index in [0.29, 0.717) is 18.5 Å². The molecule has 0 aliphatic carbocycles. The Hall–Kier alpha value is -1.29. The van der Waals surface area contributed by atoms with Gasteiger partial charge in [-0.25, -0.2) is 0 Å². The summed E-state index contributed by atoms with van der Waals surface area (Å²) in [6, 6.07) is 6.41. The number of rotatable bonds is 4. The minimum absolute atomic E-state index is 0.538. The lowest BCUT2D eigenvalue weighted by molar-refractivity contribution is 0.263. The van der Waals surface area contributed by atoms with Gasteiger partial charge in [0.05, 0.1) is 6.61 Å². The summed E-state index contributed by atoms with van der Waals surface area (Å²) in [4.78, 5) is 6.79. The lowest BCUT2D eigenvalue weighted by Crippen LogP contribution is -2.36. The number of ether oxygens (including phenoxy) is 1. The minimum atomic E-state index is 0.538. The van der Waals surface area contributed by atoms with Crippen molar-refractivity contribution < 1.29 is 4.74 Å². The number of nitrogens with one attached hydrogen (secondary N) is 1. The van der Waals surface area contributed by atoms with Crippen molar-refractivity contribution in [1.82, 2.24) is 9.88 Å². The average molecular weight is 235 g/mol. The molecule has 1 aromatic rings. The van der Waals surface area contributed by atoms with Crippen LogP contribution in [-0.2, 0) is 0 Å². The Balaban J connectivity index is 1.91. The van der Waals surface area contributed by atoms with Gasteiger partial charge in [-0.15, -0.1) is 0 Å². The number of piperidine rings is 1. The van der Waals surface area contributed by atoms with E-state index in [1.807, 2.05) is 25.1 Å². The highest BCUT2D eigenvalue weighted by molar-refractivity contribution is 5.38. The summed E-state index contributed by atoms with van der Waals surface area (Å²) in [6.45, 7) is 4.94. The van der Waals surface area contributed by atoms with E-state index in [2.05, 4.69) is 22.2 Å². The van der Waals surface area contributed by atoms with Crippen molar-refractivity contribution in [3.8, 4) is 5.88 Å². The summed E-state index contributed by atoms with van der Waals surface area (Å²) >= 11 is 0. The molecule has 1 aliphatic heterocycles. The molecule has 0 amide bonds. The van der Waals surface area contributed by atoms with Gasteiger partial charge in [0.25, 0.3) is 0 Å². The number of likely N-dealkylation sites (tertiary alicyclic amines) is 1. The van der Waals surface area contributed by atoms with Crippen molar-refractivity contribution in [3.05, 3.63) is 18.2 Å². The molecule has 17 heavy (non-hydrogen) atoms. The molecule has 1 N–H and O–H groups in total. The van der Waals surface area contributed by atoms with Gasteiger partial charge >= 0.3 is 0 Å². The van der Waals surface area contributed by atoms with Crippen LogP contribution in [0.1, 0.15) is 19.8 Å². The van der Waals surface area contributed by atoms with E-state index in [-0.39, 0.29) is 0 Å². The maximum Gasteiger partial charge on any atom is 0.215 e. The molecule has 0 saturated carbocycles. The third kappa shape index (κ3) is 3.60. The fourth-order valence-corrected chi connectivity index (χ4v) is 2.09. The van der Waals surface area contributed by atoms with E-state index in [0.717, 1.165) is 18.9 Å². The normalized spacial score (nSPS) is 18.0. The Morgan fingerprint density at radius 1 is 1.41 bits per heavy atom. The van der Waals surface area contributed by atoms with Crippen molar-refractivity contribution in [1.29, 1.82) is 0 Å². The fourth-order valence-electron chi connectivity index (χ4n) is 2.09. The van der Waals surface area contributed by atoms with Crippen LogP contribution in [0.15, 0.2) is 18.2 Å². The lowest BCUT2D eigenvalue weighted by Gasteiger charge is -2.29. The average Bonchev–Trinajstić information content (AvgIpc) is 2.33. The Morgan fingerprint density at radius 2 is 2.18 bits per heavy atom. The first kappa shape index (κ1) is 12.2. The molecule has 4 nitrogen and oxygen atoms in total.